The minimum absolute atomic E-state index is 0.00403. The molecule has 0 bridgehead atoms. The number of carboxylic acid groups (broad SMARTS) is 1. The smallest absolute Gasteiger partial charge is 0.290 e. The van der Waals surface area contributed by atoms with E-state index in [0.717, 1.165) is 5.56 Å². The van der Waals surface area contributed by atoms with Gasteiger partial charge in [-0.3, -0.25) is 9.59 Å². The maximum Gasteiger partial charge on any atom is 0.290 e. The first-order chi connectivity index (χ1) is 11.2. The van der Waals surface area contributed by atoms with E-state index in [1.807, 2.05) is 26.0 Å². The van der Waals surface area contributed by atoms with Crippen LogP contribution in [0.5, 0.6) is 0 Å². The summed E-state index contributed by atoms with van der Waals surface area (Å²) in [7, 11) is 0. The Balaban J connectivity index is 2.44. The molecule has 2 rings (SSSR count). The molecule has 0 spiro atoms. The lowest BCUT2D eigenvalue weighted by molar-refractivity contribution is -0.305. The zero-order chi connectivity index (χ0) is 18.0. The van der Waals surface area contributed by atoms with Crippen LogP contribution in [0, 0.1) is 0 Å². The number of carbonyl (C=O) groups is 3. The molecule has 1 amide bonds. The van der Waals surface area contributed by atoms with Crippen LogP contribution in [0.3, 0.4) is 0 Å². The molecule has 128 valence electrons. The Hall–Kier alpha value is -2.63. The molecule has 6 heteroatoms. The molecule has 0 unspecified atom stereocenters. The number of hydrogen-bond acceptors (Lipinski definition) is 5. The molecular formula is C18H20NO5-. The number of carboxylic acids is 1. The van der Waals surface area contributed by atoms with Crippen molar-refractivity contribution in [1.82, 2.24) is 4.90 Å². The second-order valence-corrected chi connectivity index (χ2v) is 6.16. The minimum Gasteiger partial charge on any atom is -0.550 e. The number of Topliss-reactive ketones (excluding diaryl/α,β-unsaturated/α-hetero) is 1. The molecule has 1 atom stereocenters. The number of benzene rings is 1. The molecule has 1 N–H and O–H groups in total. The summed E-state index contributed by atoms with van der Waals surface area (Å²) in [4.78, 5) is 36.1. The number of aliphatic hydroxyl groups excluding tert-OH is 1. The summed E-state index contributed by atoms with van der Waals surface area (Å²) < 4.78 is 0. The summed E-state index contributed by atoms with van der Waals surface area (Å²) >= 11 is 0. The quantitative estimate of drug-likeness (QED) is 0.846. The van der Waals surface area contributed by atoms with Gasteiger partial charge in [0.15, 0.2) is 11.5 Å². The summed E-state index contributed by atoms with van der Waals surface area (Å²) in [6.45, 7) is 5.23. The van der Waals surface area contributed by atoms with Gasteiger partial charge < -0.3 is 19.9 Å². The molecular weight excluding hydrogens is 310 g/mol. The first kappa shape index (κ1) is 17.7. The molecule has 0 aromatic heterocycles. The van der Waals surface area contributed by atoms with Gasteiger partial charge in [0.25, 0.3) is 5.91 Å². The number of hydrogen-bond donors (Lipinski definition) is 1. The van der Waals surface area contributed by atoms with Crippen molar-refractivity contribution >= 4 is 17.7 Å². The molecule has 1 aliphatic heterocycles. The number of rotatable bonds is 6. The van der Waals surface area contributed by atoms with Crippen LogP contribution in [0.25, 0.3) is 0 Å². The summed E-state index contributed by atoms with van der Waals surface area (Å²) in [5.41, 5.74) is 1.75. The topological polar surface area (TPSA) is 97.7 Å². The zero-order valence-electron chi connectivity index (χ0n) is 13.9. The van der Waals surface area contributed by atoms with Crippen molar-refractivity contribution in [3.8, 4) is 0 Å². The fraction of sp³-hybridized carbons (Fsp3) is 0.389. The number of carbonyl (C=O) groups excluding carboxylic acids is 3. The molecule has 0 saturated carbocycles. The third-order valence-corrected chi connectivity index (χ3v) is 4.16. The van der Waals surface area contributed by atoms with E-state index in [0.29, 0.717) is 11.5 Å². The van der Waals surface area contributed by atoms with Crippen LogP contribution in [0.2, 0.25) is 0 Å². The van der Waals surface area contributed by atoms with Gasteiger partial charge in [-0.2, -0.15) is 0 Å². The lowest BCUT2D eigenvalue weighted by Gasteiger charge is -2.27. The molecule has 1 aromatic carbocycles. The Labute approximate surface area is 140 Å². The maximum atomic E-state index is 12.2. The standard InChI is InChI=1S/C18H21NO5/c1-10(2)12-4-6-13(7-5-12)16-15(11(3)20)17(23)18(24)19(16)9-8-14(21)22/h4-7,10,16,23H,8-9H2,1-3H3,(H,21,22)/p-1/t16-/m0/s1. The molecule has 0 radical (unpaired) electrons. The Morgan fingerprint density at radius 1 is 1.25 bits per heavy atom. The molecule has 1 aliphatic rings. The molecule has 24 heavy (non-hydrogen) atoms. The normalized spacial score (nSPS) is 17.8. The highest BCUT2D eigenvalue weighted by Crippen LogP contribution is 2.38. The SMILES string of the molecule is CC(=O)C1=C(O)C(=O)N(CCC(=O)[O-])[C@H]1c1ccc(C(C)C)cc1. The summed E-state index contributed by atoms with van der Waals surface area (Å²) in [5, 5.41) is 20.8. The average Bonchev–Trinajstić information content (AvgIpc) is 2.77. The van der Waals surface area contributed by atoms with E-state index >= 15 is 0 Å². The van der Waals surface area contributed by atoms with E-state index < -0.39 is 29.5 Å². The third-order valence-electron chi connectivity index (χ3n) is 4.16. The van der Waals surface area contributed by atoms with E-state index in [4.69, 9.17) is 0 Å². The lowest BCUT2D eigenvalue weighted by Crippen LogP contribution is -2.35. The lowest BCUT2D eigenvalue weighted by atomic mass is 9.94. The highest BCUT2D eigenvalue weighted by Gasteiger charge is 2.41. The van der Waals surface area contributed by atoms with Crippen LogP contribution in [0.15, 0.2) is 35.6 Å². The number of aliphatic carboxylic acids is 1. The van der Waals surface area contributed by atoms with Crippen molar-refractivity contribution < 1.29 is 24.6 Å². The summed E-state index contributed by atoms with van der Waals surface area (Å²) in [6.07, 6.45) is -0.370. The van der Waals surface area contributed by atoms with E-state index in [2.05, 4.69) is 0 Å². The predicted octanol–water partition coefficient (Wildman–Crippen LogP) is 1.23. The highest BCUT2D eigenvalue weighted by atomic mass is 16.4. The first-order valence-electron chi connectivity index (χ1n) is 7.78. The number of aliphatic hydroxyl groups is 1. The Morgan fingerprint density at radius 3 is 2.29 bits per heavy atom. The third kappa shape index (κ3) is 3.32. The van der Waals surface area contributed by atoms with Crippen LogP contribution < -0.4 is 5.11 Å². The van der Waals surface area contributed by atoms with E-state index in [1.165, 1.54) is 11.8 Å². The van der Waals surface area contributed by atoms with E-state index in [-0.39, 0.29) is 18.5 Å². The zero-order valence-corrected chi connectivity index (χ0v) is 13.9. The molecule has 1 heterocycles. The van der Waals surface area contributed by atoms with Crippen molar-refractivity contribution in [3.05, 3.63) is 46.7 Å². The van der Waals surface area contributed by atoms with Gasteiger partial charge in [-0.25, -0.2) is 0 Å². The molecule has 1 aromatic rings. The van der Waals surface area contributed by atoms with Gasteiger partial charge in [-0.05, 0) is 24.0 Å². The van der Waals surface area contributed by atoms with E-state index in [1.54, 1.807) is 12.1 Å². The fourth-order valence-electron chi connectivity index (χ4n) is 2.87. The molecule has 6 nitrogen and oxygen atoms in total. The van der Waals surface area contributed by atoms with Crippen LogP contribution in [0.1, 0.15) is 50.3 Å². The van der Waals surface area contributed by atoms with Crippen molar-refractivity contribution in [3.63, 3.8) is 0 Å². The van der Waals surface area contributed by atoms with Crippen molar-refractivity contribution in [2.75, 3.05) is 6.54 Å². The minimum atomic E-state index is -1.30. The second kappa shape index (κ2) is 6.86. The van der Waals surface area contributed by atoms with Gasteiger partial charge in [0.2, 0.25) is 0 Å². The van der Waals surface area contributed by atoms with Gasteiger partial charge in [0, 0.05) is 18.9 Å². The average molecular weight is 330 g/mol. The van der Waals surface area contributed by atoms with Crippen LogP contribution >= 0.6 is 0 Å². The van der Waals surface area contributed by atoms with Crippen LogP contribution in [-0.4, -0.2) is 34.2 Å². The molecule has 0 fully saturated rings. The Kier molecular flexibility index (Phi) is 5.07. The van der Waals surface area contributed by atoms with Gasteiger partial charge in [0.1, 0.15) is 0 Å². The largest absolute Gasteiger partial charge is 0.550 e. The van der Waals surface area contributed by atoms with Gasteiger partial charge >= 0.3 is 0 Å². The fourth-order valence-corrected chi connectivity index (χ4v) is 2.87. The summed E-state index contributed by atoms with van der Waals surface area (Å²) in [6, 6.07) is 6.60. The van der Waals surface area contributed by atoms with Crippen molar-refractivity contribution in [1.29, 1.82) is 0 Å². The van der Waals surface area contributed by atoms with Crippen LogP contribution in [0.4, 0.5) is 0 Å². The van der Waals surface area contributed by atoms with E-state index in [9.17, 15) is 24.6 Å². The van der Waals surface area contributed by atoms with Gasteiger partial charge in [-0.1, -0.05) is 38.1 Å². The highest BCUT2D eigenvalue weighted by molar-refractivity contribution is 6.08. The predicted molar refractivity (Wildman–Crippen MR) is 84.9 cm³/mol. The number of nitrogens with zero attached hydrogens (tertiary/aromatic N) is 1. The van der Waals surface area contributed by atoms with Gasteiger partial charge in [0.05, 0.1) is 11.6 Å². The Morgan fingerprint density at radius 2 is 1.83 bits per heavy atom. The number of ketones is 1. The Bertz CT molecular complexity index is 703. The number of amides is 1. The first-order valence-corrected chi connectivity index (χ1v) is 7.78. The molecule has 0 aliphatic carbocycles. The van der Waals surface area contributed by atoms with Crippen molar-refractivity contribution in [2.24, 2.45) is 0 Å². The van der Waals surface area contributed by atoms with Crippen molar-refractivity contribution in [2.45, 2.75) is 39.2 Å². The van der Waals surface area contributed by atoms with Gasteiger partial charge in [-0.15, -0.1) is 0 Å². The monoisotopic (exact) mass is 330 g/mol. The van der Waals surface area contributed by atoms with Crippen LogP contribution in [-0.2, 0) is 14.4 Å². The second-order valence-electron chi connectivity index (χ2n) is 6.16. The summed E-state index contributed by atoms with van der Waals surface area (Å²) in [5.74, 6) is -2.74. The maximum absolute atomic E-state index is 12.2. The molecule has 0 saturated heterocycles.